The van der Waals surface area contributed by atoms with E-state index in [9.17, 15) is 15.2 Å². The van der Waals surface area contributed by atoms with Crippen molar-refractivity contribution in [3.63, 3.8) is 0 Å². The van der Waals surface area contributed by atoms with E-state index < -0.39 is 4.92 Å². The second kappa shape index (κ2) is 7.11. The lowest BCUT2D eigenvalue weighted by Crippen LogP contribution is -1.87. The van der Waals surface area contributed by atoms with Gasteiger partial charge in [-0.3, -0.25) is 10.1 Å². The highest BCUT2D eigenvalue weighted by Gasteiger charge is 2.14. The van der Waals surface area contributed by atoms with Gasteiger partial charge in [-0.05, 0) is 35.4 Å². The van der Waals surface area contributed by atoms with Gasteiger partial charge in [0.25, 0.3) is 5.69 Å². The summed E-state index contributed by atoms with van der Waals surface area (Å²) in [5.74, 6) is -0.0694. The number of phenolic OH excluding ortho intramolecular Hbond substituents is 1. The fourth-order valence-electron chi connectivity index (χ4n) is 2.25. The number of hydrogen-bond acceptors (Lipinski definition) is 5. The van der Waals surface area contributed by atoms with Gasteiger partial charge in [-0.1, -0.05) is 48.0 Å². The fraction of sp³-hybridized carbons (Fsp3) is 0. The van der Waals surface area contributed by atoms with Crippen LogP contribution in [0.4, 0.5) is 17.1 Å². The first-order chi connectivity index (χ1) is 12.0. The molecule has 0 saturated carbocycles. The summed E-state index contributed by atoms with van der Waals surface area (Å²) in [4.78, 5) is 10.5. The maximum atomic E-state index is 11.1. The van der Waals surface area contributed by atoms with Gasteiger partial charge in [0.1, 0.15) is 11.4 Å². The highest BCUT2D eigenvalue weighted by atomic mass is 35.5. The van der Waals surface area contributed by atoms with Gasteiger partial charge in [-0.2, -0.15) is 0 Å². The summed E-state index contributed by atoms with van der Waals surface area (Å²) in [6.45, 7) is 0. The van der Waals surface area contributed by atoms with E-state index in [0.717, 1.165) is 11.1 Å². The zero-order valence-corrected chi connectivity index (χ0v) is 13.6. The number of phenols is 1. The third-order valence-electron chi connectivity index (χ3n) is 3.48. The lowest BCUT2D eigenvalue weighted by atomic mass is 10.1. The minimum atomic E-state index is -0.583. The number of hydrogen-bond donors (Lipinski definition) is 1. The van der Waals surface area contributed by atoms with E-state index in [1.807, 2.05) is 30.3 Å². The van der Waals surface area contributed by atoms with E-state index in [0.29, 0.717) is 0 Å². The minimum Gasteiger partial charge on any atom is -0.506 e. The van der Waals surface area contributed by atoms with Crippen LogP contribution >= 0.6 is 11.6 Å². The Labute approximate surface area is 148 Å². The first kappa shape index (κ1) is 16.6. The second-order valence-corrected chi connectivity index (χ2v) is 5.60. The Bertz CT molecular complexity index is 959. The van der Waals surface area contributed by atoms with Crippen LogP contribution in [0.25, 0.3) is 11.1 Å². The van der Waals surface area contributed by atoms with E-state index in [2.05, 4.69) is 10.2 Å². The maximum absolute atomic E-state index is 11.1. The van der Waals surface area contributed by atoms with Gasteiger partial charge in [0.2, 0.25) is 0 Å². The Morgan fingerprint density at radius 2 is 1.60 bits per heavy atom. The Morgan fingerprint density at radius 3 is 2.32 bits per heavy atom. The van der Waals surface area contributed by atoms with Crippen molar-refractivity contribution in [2.45, 2.75) is 0 Å². The molecule has 3 aromatic carbocycles. The summed E-state index contributed by atoms with van der Waals surface area (Å²) in [7, 11) is 0. The molecule has 0 atom stereocenters. The topological polar surface area (TPSA) is 88.1 Å². The molecule has 0 unspecified atom stereocenters. The van der Waals surface area contributed by atoms with Crippen molar-refractivity contribution < 1.29 is 10.0 Å². The summed E-state index contributed by atoms with van der Waals surface area (Å²) in [5, 5.41) is 29.2. The quantitative estimate of drug-likeness (QED) is 0.352. The number of azo groups is 1. The largest absolute Gasteiger partial charge is 0.506 e. The molecule has 0 fully saturated rings. The number of nitrogens with zero attached hydrogens (tertiary/aromatic N) is 3. The molecule has 1 N–H and O–H groups in total. The van der Waals surface area contributed by atoms with Crippen LogP contribution in [0.2, 0.25) is 5.02 Å². The van der Waals surface area contributed by atoms with E-state index in [4.69, 9.17) is 11.6 Å². The zero-order valence-electron chi connectivity index (χ0n) is 12.8. The Morgan fingerprint density at radius 1 is 0.880 bits per heavy atom. The highest BCUT2D eigenvalue weighted by Crippen LogP contribution is 2.35. The molecule has 124 valence electrons. The lowest BCUT2D eigenvalue weighted by molar-refractivity contribution is -0.384. The van der Waals surface area contributed by atoms with Gasteiger partial charge in [-0.25, -0.2) is 0 Å². The molecule has 0 saturated heterocycles. The molecule has 0 heterocycles. The number of halogens is 1. The van der Waals surface area contributed by atoms with Crippen LogP contribution in [-0.4, -0.2) is 10.0 Å². The monoisotopic (exact) mass is 353 g/mol. The molecule has 0 aliphatic rings. The smallest absolute Gasteiger partial charge is 0.298 e. The van der Waals surface area contributed by atoms with Crippen LogP contribution < -0.4 is 0 Å². The van der Waals surface area contributed by atoms with Crippen LogP contribution in [-0.2, 0) is 0 Å². The first-order valence-corrected chi connectivity index (χ1v) is 7.66. The fourth-order valence-corrected chi connectivity index (χ4v) is 2.42. The number of aromatic hydroxyl groups is 1. The average Bonchev–Trinajstić information content (AvgIpc) is 2.62. The third-order valence-corrected chi connectivity index (χ3v) is 3.72. The van der Waals surface area contributed by atoms with Gasteiger partial charge in [0.05, 0.1) is 4.92 Å². The summed E-state index contributed by atoms with van der Waals surface area (Å²) < 4.78 is 0. The number of benzene rings is 3. The van der Waals surface area contributed by atoms with Crippen molar-refractivity contribution in [2.75, 3.05) is 0 Å². The molecule has 3 aromatic rings. The van der Waals surface area contributed by atoms with Crippen LogP contribution in [0.15, 0.2) is 77.0 Å². The van der Waals surface area contributed by atoms with Gasteiger partial charge in [0, 0.05) is 11.1 Å². The van der Waals surface area contributed by atoms with Crippen molar-refractivity contribution in [1.82, 2.24) is 0 Å². The molecule has 0 radical (unpaired) electrons. The summed E-state index contributed by atoms with van der Waals surface area (Å²) >= 11 is 5.78. The zero-order chi connectivity index (χ0) is 17.8. The summed E-state index contributed by atoms with van der Waals surface area (Å²) in [6, 6.07) is 18.6. The molecule has 0 aliphatic carbocycles. The average molecular weight is 354 g/mol. The minimum absolute atomic E-state index is 0.0546. The number of rotatable bonds is 4. The van der Waals surface area contributed by atoms with E-state index in [1.54, 1.807) is 12.1 Å². The SMILES string of the molecule is O=[N+]([O-])c1cc(Cl)ccc1N=Nc1cc(-c2ccccc2)ccc1O. The van der Waals surface area contributed by atoms with Crippen molar-refractivity contribution >= 4 is 28.7 Å². The Balaban J connectivity index is 1.98. The van der Waals surface area contributed by atoms with Crippen LogP contribution in [0.1, 0.15) is 0 Å². The van der Waals surface area contributed by atoms with Crippen molar-refractivity contribution in [3.8, 4) is 16.9 Å². The van der Waals surface area contributed by atoms with Crippen molar-refractivity contribution in [3.05, 3.63) is 81.9 Å². The lowest BCUT2D eigenvalue weighted by Gasteiger charge is -2.04. The molecule has 3 rings (SSSR count). The first-order valence-electron chi connectivity index (χ1n) is 7.29. The predicted molar refractivity (Wildman–Crippen MR) is 95.8 cm³/mol. The molecule has 0 spiro atoms. The molecule has 0 bridgehead atoms. The number of nitro benzene ring substituents is 1. The summed E-state index contributed by atoms with van der Waals surface area (Å²) in [5.41, 5.74) is 1.81. The van der Waals surface area contributed by atoms with Crippen LogP contribution in [0.5, 0.6) is 5.75 Å². The molecule has 25 heavy (non-hydrogen) atoms. The molecule has 0 amide bonds. The molecular formula is C18H12ClN3O3. The van der Waals surface area contributed by atoms with Gasteiger partial charge in [-0.15, -0.1) is 10.2 Å². The molecule has 7 heteroatoms. The molecular weight excluding hydrogens is 342 g/mol. The van der Waals surface area contributed by atoms with E-state index in [1.165, 1.54) is 24.3 Å². The van der Waals surface area contributed by atoms with Crippen LogP contribution in [0.3, 0.4) is 0 Å². The highest BCUT2D eigenvalue weighted by molar-refractivity contribution is 6.30. The maximum Gasteiger partial charge on any atom is 0.298 e. The Kier molecular flexibility index (Phi) is 4.72. The third kappa shape index (κ3) is 3.81. The van der Waals surface area contributed by atoms with E-state index >= 15 is 0 Å². The molecule has 0 aliphatic heterocycles. The van der Waals surface area contributed by atoms with Crippen LogP contribution in [0, 0.1) is 10.1 Å². The molecule has 6 nitrogen and oxygen atoms in total. The number of nitro groups is 1. The Hall–Kier alpha value is -3.25. The van der Waals surface area contributed by atoms with Gasteiger partial charge in [0.15, 0.2) is 5.69 Å². The van der Waals surface area contributed by atoms with Crippen molar-refractivity contribution in [2.24, 2.45) is 10.2 Å². The van der Waals surface area contributed by atoms with Gasteiger partial charge >= 0.3 is 0 Å². The molecule has 0 aromatic heterocycles. The predicted octanol–water partition coefficient (Wildman–Crippen LogP) is 6.04. The summed E-state index contributed by atoms with van der Waals surface area (Å²) in [6.07, 6.45) is 0. The van der Waals surface area contributed by atoms with Crippen molar-refractivity contribution in [1.29, 1.82) is 0 Å². The normalized spacial score (nSPS) is 10.9. The van der Waals surface area contributed by atoms with Gasteiger partial charge < -0.3 is 5.11 Å². The van der Waals surface area contributed by atoms with E-state index in [-0.39, 0.29) is 27.8 Å². The second-order valence-electron chi connectivity index (χ2n) is 5.16. The standard InChI is InChI=1S/C18H12ClN3O3/c19-14-7-8-15(17(11-14)22(24)25)20-21-16-10-13(6-9-18(16)23)12-4-2-1-3-5-12/h1-11,23H.